The summed E-state index contributed by atoms with van der Waals surface area (Å²) >= 11 is 0. The lowest BCUT2D eigenvalue weighted by Crippen LogP contribution is -2.46. The Morgan fingerprint density at radius 3 is 2.35 bits per heavy atom. The molecule has 0 fully saturated rings. The Bertz CT molecular complexity index is 540. The Balaban J connectivity index is 2.41. The summed E-state index contributed by atoms with van der Waals surface area (Å²) in [4.78, 5) is 34.9. The molecule has 0 saturated heterocycles. The van der Waals surface area contributed by atoms with Crippen molar-refractivity contribution in [3.8, 4) is 5.75 Å². The normalized spacial score (nSPS) is 11.4. The predicted molar refractivity (Wildman–Crippen MR) is 87.5 cm³/mol. The van der Waals surface area contributed by atoms with E-state index in [4.69, 9.17) is 4.74 Å². The standard InChI is InChI=1S/C17H24N2O4/c1-4-10-18-17(22)12(3)19-16(21)11-23-14-8-6-13(7-9-14)15(20)5-2/h6-9,12H,4-5,10-11H2,1-3H3,(H,18,22)(H,19,21)/t12-/m1/s1. The first kappa shape index (κ1) is 18.7. The molecule has 0 aliphatic carbocycles. The first-order valence-corrected chi connectivity index (χ1v) is 7.81. The van der Waals surface area contributed by atoms with Gasteiger partial charge in [0.15, 0.2) is 12.4 Å². The van der Waals surface area contributed by atoms with Crippen LogP contribution in [0, 0.1) is 0 Å². The molecular weight excluding hydrogens is 296 g/mol. The number of carbonyl (C=O) groups is 3. The highest BCUT2D eigenvalue weighted by atomic mass is 16.5. The van der Waals surface area contributed by atoms with E-state index in [0.717, 1.165) is 6.42 Å². The summed E-state index contributed by atoms with van der Waals surface area (Å²) in [5, 5.41) is 5.27. The van der Waals surface area contributed by atoms with Crippen molar-refractivity contribution in [1.82, 2.24) is 10.6 Å². The number of Topliss-reactive ketones (excluding diaryl/α,β-unsaturated/α-hetero) is 1. The lowest BCUT2D eigenvalue weighted by Gasteiger charge is -2.14. The Kier molecular flexibility index (Phi) is 7.80. The van der Waals surface area contributed by atoms with Crippen LogP contribution in [0.4, 0.5) is 0 Å². The maximum Gasteiger partial charge on any atom is 0.258 e. The lowest BCUT2D eigenvalue weighted by atomic mass is 10.1. The number of amides is 2. The molecule has 2 amide bonds. The number of ketones is 1. The van der Waals surface area contributed by atoms with E-state index in [9.17, 15) is 14.4 Å². The van der Waals surface area contributed by atoms with Gasteiger partial charge in [-0.3, -0.25) is 14.4 Å². The van der Waals surface area contributed by atoms with Crippen molar-refractivity contribution in [3.63, 3.8) is 0 Å². The average Bonchev–Trinajstić information content (AvgIpc) is 2.57. The highest BCUT2D eigenvalue weighted by molar-refractivity contribution is 5.95. The van der Waals surface area contributed by atoms with Crippen molar-refractivity contribution in [2.24, 2.45) is 0 Å². The molecule has 1 aromatic rings. The van der Waals surface area contributed by atoms with Crippen molar-refractivity contribution < 1.29 is 19.1 Å². The van der Waals surface area contributed by atoms with Gasteiger partial charge in [0.25, 0.3) is 5.91 Å². The zero-order valence-electron chi connectivity index (χ0n) is 13.8. The fourth-order valence-corrected chi connectivity index (χ4v) is 1.84. The van der Waals surface area contributed by atoms with Crippen LogP contribution >= 0.6 is 0 Å². The second kappa shape index (κ2) is 9.61. The quantitative estimate of drug-likeness (QED) is 0.678. The minimum absolute atomic E-state index is 0.0567. The molecule has 0 aliphatic heterocycles. The second-order valence-corrected chi connectivity index (χ2v) is 5.17. The minimum Gasteiger partial charge on any atom is -0.484 e. The Labute approximate surface area is 136 Å². The van der Waals surface area contributed by atoms with Gasteiger partial charge in [-0.1, -0.05) is 13.8 Å². The molecule has 6 nitrogen and oxygen atoms in total. The Morgan fingerprint density at radius 1 is 1.13 bits per heavy atom. The summed E-state index contributed by atoms with van der Waals surface area (Å²) < 4.78 is 5.34. The summed E-state index contributed by atoms with van der Waals surface area (Å²) in [5.74, 6) is -0.0439. The van der Waals surface area contributed by atoms with Gasteiger partial charge in [0.05, 0.1) is 0 Å². The molecule has 0 unspecified atom stereocenters. The maximum absolute atomic E-state index is 11.8. The summed E-state index contributed by atoms with van der Waals surface area (Å²) in [5.41, 5.74) is 0.616. The van der Waals surface area contributed by atoms with Crippen LogP contribution in [0.1, 0.15) is 44.0 Å². The Hall–Kier alpha value is -2.37. The molecule has 0 radical (unpaired) electrons. The summed E-state index contributed by atoms with van der Waals surface area (Å²) in [6.07, 6.45) is 1.28. The summed E-state index contributed by atoms with van der Waals surface area (Å²) in [6.45, 7) is 5.77. The van der Waals surface area contributed by atoms with E-state index < -0.39 is 6.04 Å². The van der Waals surface area contributed by atoms with E-state index in [1.54, 1.807) is 38.1 Å². The number of carbonyl (C=O) groups excluding carboxylic acids is 3. The predicted octanol–water partition coefficient (Wildman–Crippen LogP) is 1.69. The number of ether oxygens (including phenoxy) is 1. The van der Waals surface area contributed by atoms with Gasteiger partial charge in [0.2, 0.25) is 5.91 Å². The number of benzene rings is 1. The van der Waals surface area contributed by atoms with Gasteiger partial charge >= 0.3 is 0 Å². The van der Waals surface area contributed by atoms with Crippen LogP contribution in [-0.2, 0) is 9.59 Å². The van der Waals surface area contributed by atoms with E-state index in [0.29, 0.717) is 24.3 Å². The molecule has 0 saturated carbocycles. The van der Waals surface area contributed by atoms with E-state index in [2.05, 4.69) is 10.6 Å². The van der Waals surface area contributed by atoms with Crippen LogP contribution in [0.25, 0.3) is 0 Å². The zero-order chi connectivity index (χ0) is 17.2. The molecule has 23 heavy (non-hydrogen) atoms. The molecule has 1 atom stereocenters. The van der Waals surface area contributed by atoms with Crippen LogP contribution in [0.15, 0.2) is 24.3 Å². The number of rotatable bonds is 9. The van der Waals surface area contributed by atoms with Crippen molar-refractivity contribution in [2.45, 2.75) is 39.7 Å². The molecule has 1 rings (SSSR count). The lowest BCUT2D eigenvalue weighted by molar-refractivity contribution is -0.129. The molecular formula is C17H24N2O4. The molecule has 126 valence electrons. The van der Waals surface area contributed by atoms with Gasteiger partial charge in [-0.2, -0.15) is 0 Å². The third-order valence-corrected chi connectivity index (χ3v) is 3.19. The van der Waals surface area contributed by atoms with Crippen LogP contribution in [0.2, 0.25) is 0 Å². The SMILES string of the molecule is CCCNC(=O)[C@@H](C)NC(=O)COc1ccc(C(=O)CC)cc1. The average molecular weight is 320 g/mol. The van der Waals surface area contributed by atoms with Crippen molar-refractivity contribution in [1.29, 1.82) is 0 Å². The molecule has 0 aliphatic rings. The van der Waals surface area contributed by atoms with Crippen LogP contribution in [0.3, 0.4) is 0 Å². The van der Waals surface area contributed by atoms with E-state index in [1.807, 2.05) is 6.92 Å². The molecule has 6 heteroatoms. The third-order valence-electron chi connectivity index (χ3n) is 3.19. The van der Waals surface area contributed by atoms with E-state index >= 15 is 0 Å². The monoisotopic (exact) mass is 320 g/mol. The molecule has 1 aromatic carbocycles. The van der Waals surface area contributed by atoms with Crippen LogP contribution in [0.5, 0.6) is 5.75 Å². The molecule has 0 heterocycles. The smallest absolute Gasteiger partial charge is 0.258 e. The van der Waals surface area contributed by atoms with E-state index in [-0.39, 0.29) is 24.2 Å². The number of hydrogen-bond acceptors (Lipinski definition) is 4. The van der Waals surface area contributed by atoms with Crippen molar-refractivity contribution in [2.75, 3.05) is 13.2 Å². The minimum atomic E-state index is -0.609. The first-order chi connectivity index (χ1) is 11.0. The fraction of sp³-hybridized carbons (Fsp3) is 0.471. The van der Waals surface area contributed by atoms with Gasteiger partial charge in [-0.25, -0.2) is 0 Å². The zero-order valence-corrected chi connectivity index (χ0v) is 13.8. The van der Waals surface area contributed by atoms with Crippen LogP contribution in [-0.4, -0.2) is 36.8 Å². The van der Waals surface area contributed by atoms with Crippen molar-refractivity contribution in [3.05, 3.63) is 29.8 Å². The number of nitrogens with one attached hydrogen (secondary N) is 2. The van der Waals surface area contributed by atoms with Gasteiger partial charge in [0.1, 0.15) is 11.8 Å². The molecule has 0 bridgehead atoms. The molecule has 0 aromatic heterocycles. The van der Waals surface area contributed by atoms with Crippen molar-refractivity contribution >= 4 is 17.6 Å². The molecule has 0 spiro atoms. The van der Waals surface area contributed by atoms with Gasteiger partial charge in [-0.15, -0.1) is 0 Å². The maximum atomic E-state index is 11.8. The highest BCUT2D eigenvalue weighted by Gasteiger charge is 2.15. The molecule has 2 N–H and O–H groups in total. The summed E-state index contributed by atoms with van der Waals surface area (Å²) in [6, 6.07) is 6.02. The largest absolute Gasteiger partial charge is 0.484 e. The number of hydrogen-bond donors (Lipinski definition) is 2. The van der Waals surface area contributed by atoms with E-state index in [1.165, 1.54) is 0 Å². The summed E-state index contributed by atoms with van der Waals surface area (Å²) in [7, 11) is 0. The van der Waals surface area contributed by atoms with Gasteiger partial charge in [-0.05, 0) is 37.6 Å². The van der Waals surface area contributed by atoms with Gasteiger partial charge < -0.3 is 15.4 Å². The topological polar surface area (TPSA) is 84.5 Å². The second-order valence-electron chi connectivity index (χ2n) is 5.17. The Morgan fingerprint density at radius 2 is 1.78 bits per heavy atom. The van der Waals surface area contributed by atoms with Gasteiger partial charge in [0, 0.05) is 18.5 Å². The first-order valence-electron chi connectivity index (χ1n) is 7.81. The highest BCUT2D eigenvalue weighted by Crippen LogP contribution is 2.13. The third kappa shape index (κ3) is 6.50. The fourth-order valence-electron chi connectivity index (χ4n) is 1.84. The van der Waals surface area contributed by atoms with Crippen LogP contribution < -0.4 is 15.4 Å².